The lowest BCUT2D eigenvalue weighted by Gasteiger charge is -2.12. The minimum Gasteiger partial charge on any atom is -0.324 e. The maximum Gasteiger partial charge on any atom is 0.237 e. The number of halogens is 2. The quantitative estimate of drug-likeness (QED) is 0.634. The molecule has 22 heavy (non-hydrogen) atoms. The van der Waals surface area contributed by atoms with Crippen LogP contribution in [-0.4, -0.2) is 31.4 Å². The number of aromatic nitrogens is 4. The number of nitrogens with zero attached hydrogens (tertiary/aromatic N) is 4. The number of amides is 1. The first-order valence-corrected chi connectivity index (χ1v) is 7.95. The van der Waals surface area contributed by atoms with Crippen molar-refractivity contribution in [2.45, 2.75) is 23.9 Å². The summed E-state index contributed by atoms with van der Waals surface area (Å²) in [4.78, 5) is 12.2. The second-order valence-electron chi connectivity index (χ2n) is 4.28. The van der Waals surface area contributed by atoms with Gasteiger partial charge in [-0.2, -0.15) is 0 Å². The van der Waals surface area contributed by atoms with Gasteiger partial charge in [-0.05, 0) is 29.5 Å². The van der Waals surface area contributed by atoms with E-state index in [0.29, 0.717) is 27.4 Å². The first-order chi connectivity index (χ1) is 10.5. The van der Waals surface area contributed by atoms with E-state index in [1.54, 1.807) is 35.9 Å². The van der Waals surface area contributed by atoms with Gasteiger partial charge in [0.15, 0.2) is 0 Å². The predicted molar refractivity (Wildman–Crippen MR) is 88.4 cm³/mol. The van der Waals surface area contributed by atoms with Crippen molar-refractivity contribution < 1.29 is 4.79 Å². The topological polar surface area (TPSA) is 72.7 Å². The molecule has 1 N–H and O–H groups in total. The normalized spacial score (nSPS) is 12.0. The monoisotopic (exact) mass is 357 g/mol. The Morgan fingerprint density at radius 3 is 3.05 bits per heavy atom. The van der Waals surface area contributed by atoms with Gasteiger partial charge < -0.3 is 5.32 Å². The number of thioether (sulfide) groups is 1. The van der Waals surface area contributed by atoms with Crippen LogP contribution in [0.4, 0.5) is 5.69 Å². The second-order valence-corrected chi connectivity index (χ2v) is 6.38. The Bertz CT molecular complexity index is 691. The molecule has 1 heterocycles. The highest BCUT2D eigenvalue weighted by atomic mass is 35.5. The van der Waals surface area contributed by atoms with E-state index in [-0.39, 0.29) is 5.91 Å². The van der Waals surface area contributed by atoms with Gasteiger partial charge in [0.25, 0.3) is 0 Å². The highest BCUT2D eigenvalue weighted by molar-refractivity contribution is 8.00. The Morgan fingerprint density at radius 2 is 2.32 bits per heavy atom. The standard InChI is InChI=1S/C13H13Cl2N5OS/c1-3-7-20-13(17-18-19-20)22-8(2)12(21)16-10-6-4-5-9(14)11(10)15/h3-6,8H,1,7H2,2H3,(H,16,21). The molecule has 0 fully saturated rings. The van der Waals surface area contributed by atoms with Crippen LogP contribution in [0.3, 0.4) is 0 Å². The van der Waals surface area contributed by atoms with E-state index in [2.05, 4.69) is 27.4 Å². The number of anilines is 1. The minimum atomic E-state index is -0.412. The molecule has 1 unspecified atom stereocenters. The third-order valence-electron chi connectivity index (χ3n) is 2.66. The average Bonchev–Trinajstić information content (AvgIpc) is 2.91. The van der Waals surface area contributed by atoms with E-state index in [0.717, 1.165) is 0 Å². The SMILES string of the molecule is C=CCn1nnnc1SC(C)C(=O)Nc1cccc(Cl)c1Cl. The van der Waals surface area contributed by atoms with E-state index in [9.17, 15) is 4.79 Å². The van der Waals surface area contributed by atoms with Gasteiger partial charge in [-0.15, -0.1) is 11.7 Å². The van der Waals surface area contributed by atoms with Crippen LogP contribution in [0.25, 0.3) is 0 Å². The minimum absolute atomic E-state index is 0.220. The van der Waals surface area contributed by atoms with Crippen molar-refractivity contribution in [3.05, 3.63) is 40.9 Å². The third-order valence-corrected chi connectivity index (χ3v) is 4.55. The van der Waals surface area contributed by atoms with Crippen LogP contribution in [0.1, 0.15) is 6.92 Å². The fraction of sp³-hybridized carbons (Fsp3) is 0.231. The molecule has 1 aromatic carbocycles. The first kappa shape index (κ1) is 16.8. The summed E-state index contributed by atoms with van der Waals surface area (Å²) in [6.07, 6.45) is 1.68. The van der Waals surface area contributed by atoms with Gasteiger partial charge in [-0.1, -0.05) is 47.1 Å². The van der Waals surface area contributed by atoms with Gasteiger partial charge in [-0.3, -0.25) is 4.79 Å². The fourth-order valence-corrected chi connectivity index (χ4v) is 2.71. The lowest BCUT2D eigenvalue weighted by molar-refractivity contribution is -0.115. The zero-order valence-electron chi connectivity index (χ0n) is 11.7. The van der Waals surface area contributed by atoms with Crippen molar-refractivity contribution in [3.63, 3.8) is 0 Å². The number of hydrogen-bond acceptors (Lipinski definition) is 5. The number of allylic oxidation sites excluding steroid dienone is 1. The summed E-state index contributed by atoms with van der Waals surface area (Å²) in [7, 11) is 0. The van der Waals surface area contributed by atoms with Crippen molar-refractivity contribution in [2.24, 2.45) is 0 Å². The maximum atomic E-state index is 12.2. The van der Waals surface area contributed by atoms with E-state index >= 15 is 0 Å². The number of nitrogens with one attached hydrogen (secondary N) is 1. The molecule has 0 spiro atoms. The van der Waals surface area contributed by atoms with Gasteiger partial charge in [0.05, 0.1) is 27.5 Å². The summed E-state index contributed by atoms with van der Waals surface area (Å²) >= 11 is 13.2. The summed E-state index contributed by atoms with van der Waals surface area (Å²) in [6.45, 7) is 5.86. The zero-order chi connectivity index (χ0) is 16.1. The van der Waals surface area contributed by atoms with Crippen molar-refractivity contribution in [3.8, 4) is 0 Å². The molecule has 116 valence electrons. The molecule has 0 aliphatic heterocycles. The van der Waals surface area contributed by atoms with Gasteiger partial charge in [-0.25, -0.2) is 4.68 Å². The summed E-state index contributed by atoms with van der Waals surface area (Å²) in [5, 5.41) is 14.9. The molecule has 0 aliphatic carbocycles. The number of carbonyl (C=O) groups excluding carboxylic acids is 1. The van der Waals surface area contributed by atoms with Gasteiger partial charge in [0.2, 0.25) is 11.1 Å². The lowest BCUT2D eigenvalue weighted by atomic mass is 10.3. The number of benzene rings is 1. The van der Waals surface area contributed by atoms with E-state index in [1.165, 1.54) is 11.8 Å². The summed E-state index contributed by atoms with van der Waals surface area (Å²) in [6, 6.07) is 5.05. The van der Waals surface area contributed by atoms with Crippen molar-refractivity contribution in [1.29, 1.82) is 0 Å². The summed E-state index contributed by atoms with van der Waals surface area (Å²) < 4.78 is 1.56. The molecule has 2 rings (SSSR count). The number of hydrogen-bond donors (Lipinski definition) is 1. The van der Waals surface area contributed by atoms with Crippen molar-refractivity contribution in [1.82, 2.24) is 20.2 Å². The van der Waals surface area contributed by atoms with E-state index in [4.69, 9.17) is 23.2 Å². The molecule has 0 saturated heterocycles. The molecular formula is C13H13Cl2N5OS. The van der Waals surface area contributed by atoms with Crippen LogP contribution in [-0.2, 0) is 11.3 Å². The Balaban J connectivity index is 2.04. The van der Waals surface area contributed by atoms with Crippen molar-refractivity contribution in [2.75, 3.05) is 5.32 Å². The molecule has 1 amide bonds. The highest BCUT2D eigenvalue weighted by Gasteiger charge is 2.19. The number of rotatable bonds is 6. The molecule has 9 heteroatoms. The second kappa shape index (κ2) is 7.62. The third kappa shape index (κ3) is 4.00. The fourth-order valence-electron chi connectivity index (χ4n) is 1.56. The first-order valence-electron chi connectivity index (χ1n) is 6.31. The molecule has 2 aromatic rings. The Labute approximate surface area is 141 Å². The number of carbonyl (C=O) groups is 1. The predicted octanol–water partition coefficient (Wildman–Crippen LogP) is 3.29. The lowest BCUT2D eigenvalue weighted by Crippen LogP contribution is -2.23. The highest BCUT2D eigenvalue weighted by Crippen LogP contribution is 2.30. The summed E-state index contributed by atoms with van der Waals surface area (Å²) in [5.74, 6) is -0.220. The smallest absolute Gasteiger partial charge is 0.237 e. The zero-order valence-corrected chi connectivity index (χ0v) is 14.0. The maximum absolute atomic E-state index is 12.2. The molecule has 0 aliphatic rings. The molecule has 6 nitrogen and oxygen atoms in total. The Morgan fingerprint density at radius 1 is 1.55 bits per heavy atom. The van der Waals surface area contributed by atoms with Gasteiger partial charge in [0.1, 0.15) is 0 Å². The van der Waals surface area contributed by atoms with Crippen LogP contribution in [0.5, 0.6) is 0 Å². The molecule has 1 aromatic heterocycles. The average molecular weight is 358 g/mol. The molecule has 0 saturated carbocycles. The molecule has 0 bridgehead atoms. The Kier molecular flexibility index (Phi) is 5.82. The van der Waals surface area contributed by atoms with Crippen LogP contribution in [0, 0.1) is 0 Å². The molecule has 0 radical (unpaired) electrons. The number of tetrazole rings is 1. The van der Waals surface area contributed by atoms with Gasteiger partial charge in [0, 0.05) is 0 Å². The Hall–Kier alpha value is -1.57. The van der Waals surface area contributed by atoms with Crippen LogP contribution >= 0.6 is 35.0 Å². The molecular weight excluding hydrogens is 345 g/mol. The van der Waals surface area contributed by atoms with E-state index < -0.39 is 5.25 Å². The summed E-state index contributed by atoms with van der Waals surface area (Å²) in [5.41, 5.74) is 0.470. The van der Waals surface area contributed by atoms with Crippen LogP contribution in [0.2, 0.25) is 10.0 Å². The van der Waals surface area contributed by atoms with Gasteiger partial charge >= 0.3 is 0 Å². The molecule has 1 atom stereocenters. The van der Waals surface area contributed by atoms with Crippen molar-refractivity contribution >= 4 is 46.6 Å². The van der Waals surface area contributed by atoms with Crippen LogP contribution in [0.15, 0.2) is 36.0 Å². The largest absolute Gasteiger partial charge is 0.324 e. The van der Waals surface area contributed by atoms with E-state index in [1.807, 2.05) is 0 Å². The van der Waals surface area contributed by atoms with Crippen LogP contribution < -0.4 is 5.32 Å².